The molecule has 0 aliphatic carbocycles. The minimum absolute atomic E-state index is 0. The third-order valence-electron chi connectivity index (χ3n) is 6.23. The molecule has 2 saturated heterocycles. The first-order valence-corrected chi connectivity index (χ1v) is 11.5. The quantitative estimate of drug-likeness (QED) is 0.299. The first-order chi connectivity index (χ1) is 15.9. The van der Waals surface area contributed by atoms with Crippen molar-refractivity contribution in [1.82, 2.24) is 15.1 Å². The fraction of sp³-hybridized carbons (Fsp3) is 0.435. The normalized spacial score (nSPS) is 22.0. The van der Waals surface area contributed by atoms with Gasteiger partial charge >= 0.3 is 6.03 Å². The first-order valence-electron chi connectivity index (χ1n) is 11.2. The van der Waals surface area contributed by atoms with Gasteiger partial charge in [-0.1, -0.05) is 28.2 Å². The highest BCUT2D eigenvalue weighted by molar-refractivity contribution is 6.30. The van der Waals surface area contributed by atoms with Gasteiger partial charge in [-0.2, -0.15) is 0 Å². The van der Waals surface area contributed by atoms with E-state index in [0.29, 0.717) is 29.5 Å². The third kappa shape index (κ3) is 6.42. The van der Waals surface area contributed by atoms with Gasteiger partial charge in [-0.3, -0.25) is 9.69 Å². The molecule has 1 aromatic heterocycles. The summed E-state index contributed by atoms with van der Waals surface area (Å²) in [6.45, 7) is 5.76. The van der Waals surface area contributed by atoms with Crippen LogP contribution in [0.4, 0.5) is 4.79 Å². The number of carbonyl (C=O) groups is 2. The van der Waals surface area contributed by atoms with Crippen molar-refractivity contribution in [1.29, 1.82) is 0 Å². The monoisotopic (exact) mass is 546 g/mol. The van der Waals surface area contributed by atoms with E-state index in [9.17, 15) is 14.7 Å². The molecule has 0 bridgehead atoms. The number of quaternary nitrogens is 1. The van der Waals surface area contributed by atoms with Crippen LogP contribution in [0.2, 0.25) is 5.02 Å². The molecule has 9 nitrogen and oxygen atoms in total. The average Bonchev–Trinajstić information content (AvgIpc) is 3.39. The molecule has 192 valence electrons. The Bertz CT molecular complexity index is 1020. The number of furan rings is 1. The second kappa shape index (κ2) is 12.8. The van der Waals surface area contributed by atoms with Gasteiger partial charge in [0.2, 0.25) is 0 Å². The number of halogens is 3. The summed E-state index contributed by atoms with van der Waals surface area (Å²) in [5.74, 6) is 0.816. The summed E-state index contributed by atoms with van der Waals surface area (Å²) in [6, 6.07) is 10.5. The minimum Gasteiger partial charge on any atom is -0.455 e. The van der Waals surface area contributed by atoms with Crippen LogP contribution in [0.5, 0.6) is 0 Å². The number of nitrogens with zero attached hydrogens (tertiary/aromatic N) is 4. The van der Waals surface area contributed by atoms with Crippen molar-refractivity contribution in [3.05, 3.63) is 47.2 Å². The van der Waals surface area contributed by atoms with E-state index >= 15 is 0 Å². The van der Waals surface area contributed by atoms with E-state index in [2.05, 4.69) is 20.2 Å². The second-order valence-electron chi connectivity index (χ2n) is 8.28. The minimum atomic E-state index is -0.426. The van der Waals surface area contributed by atoms with Crippen LogP contribution in [-0.4, -0.2) is 89.7 Å². The SMILES string of the molecule is CCC(N1CCN(CCO)CC1)[N+]1(N=Cc2ccc(-c3ccc(Cl)cc3)o2)CC(=O)NC1=O.Cl.Cl. The maximum atomic E-state index is 13.0. The number of aliphatic hydroxyl groups is 1. The number of piperazine rings is 1. The summed E-state index contributed by atoms with van der Waals surface area (Å²) in [5.41, 5.74) is 0.879. The van der Waals surface area contributed by atoms with Crippen LogP contribution in [0.15, 0.2) is 45.9 Å². The summed E-state index contributed by atoms with van der Waals surface area (Å²) in [7, 11) is 0. The van der Waals surface area contributed by atoms with Crippen molar-refractivity contribution >= 4 is 54.6 Å². The molecule has 2 unspecified atom stereocenters. The molecule has 3 heterocycles. The maximum absolute atomic E-state index is 13.0. The number of hydrogen-bond donors (Lipinski definition) is 2. The van der Waals surface area contributed by atoms with Gasteiger partial charge in [0.05, 0.1) is 6.61 Å². The summed E-state index contributed by atoms with van der Waals surface area (Å²) < 4.78 is 5.56. The number of aliphatic hydroxyl groups excluding tert-OH is 1. The predicted molar refractivity (Wildman–Crippen MR) is 139 cm³/mol. The molecular weight excluding hydrogens is 517 g/mol. The molecule has 12 heteroatoms. The van der Waals surface area contributed by atoms with Crippen LogP contribution < -0.4 is 5.32 Å². The number of rotatable bonds is 8. The van der Waals surface area contributed by atoms with Crippen molar-refractivity contribution in [3.63, 3.8) is 0 Å². The Morgan fingerprint density at radius 2 is 1.83 bits per heavy atom. The lowest BCUT2D eigenvalue weighted by atomic mass is 10.2. The van der Waals surface area contributed by atoms with Crippen LogP contribution in [-0.2, 0) is 4.79 Å². The molecule has 2 fully saturated rings. The first kappa shape index (κ1) is 29.3. The number of nitrogens with one attached hydrogen (secondary N) is 1. The Morgan fingerprint density at radius 3 is 2.40 bits per heavy atom. The number of carbonyl (C=O) groups excluding carboxylic acids is 2. The van der Waals surface area contributed by atoms with Crippen molar-refractivity contribution in [2.24, 2.45) is 5.10 Å². The highest BCUT2D eigenvalue weighted by atomic mass is 35.5. The van der Waals surface area contributed by atoms with Gasteiger partial charge in [-0.15, -0.1) is 24.8 Å². The molecule has 0 saturated carbocycles. The van der Waals surface area contributed by atoms with Gasteiger partial charge < -0.3 is 9.52 Å². The van der Waals surface area contributed by atoms with Crippen LogP contribution in [0.1, 0.15) is 19.1 Å². The summed E-state index contributed by atoms with van der Waals surface area (Å²) in [6.07, 6.45) is 1.89. The average molecular weight is 548 g/mol. The molecular formula is C23H31Cl3N5O4+. The molecule has 1 aromatic carbocycles. The van der Waals surface area contributed by atoms with E-state index in [4.69, 9.17) is 16.0 Å². The highest BCUT2D eigenvalue weighted by Gasteiger charge is 2.55. The molecule has 2 aromatic rings. The Labute approximate surface area is 222 Å². The molecule has 2 atom stereocenters. The number of amides is 3. The highest BCUT2D eigenvalue weighted by Crippen LogP contribution is 2.28. The zero-order valence-electron chi connectivity index (χ0n) is 19.4. The number of benzene rings is 1. The zero-order valence-corrected chi connectivity index (χ0v) is 21.8. The van der Waals surface area contributed by atoms with Crippen molar-refractivity contribution in [2.45, 2.75) is 19.5 Å². The largest absolute Gasteiger partial charge is 0.455 e. The van der Waals surface area contributed by atoms with Crippen molar-refractivity contribution < 1.29 is 23.7 Å². The van der Waals surface area contributed by atoms with Gasteiger partial charge in [0.1, 0.15) is 12.0 Å². The molecule has 4 rings (SSSR count). The lowest BCUT2D eigenvalue weighted by molar-refractivity contribution is -0.882. The molecule has 2 aliphatic heterocycles. The topological polar surface area (TPSA) is 98.4 Å². The van der Waals surface area contributed by atoms with Gasteiger partial charge in [0.25, 0.3) is 5.91 Å². The van der Waals surface area contributed by atoms with E-state index in [1.165, 1.54) is 6.21 Å². The number of urea groups is 1. The summed E-state index contributed by atoms with van der Waals surface area (Å²) in [4.78, 5) is 29.6. The maximum Gasteiger partial charge on any atom is 0.451 e. The molecule has 2 aliphatic rings. The lowest BCUT2D eigenvalue weighted by Gasteiger charge is -2.42. The van der Waals surface area contributed by atoms with Gasteiger partial charge in [0.15, 0.2) is 18.5 Å². The van der Waals surface area contributed by atoms with Crippen molar-refractivity contribution in [3.8, 4) is 11.3 Å². The van der Waals surface area contributed by atoms with Crippen LogP contribution in [0.3, 0.4) is 0 Å². The Kier molecular flexibility index (Phi) is 10.7. The number of imide groups is 1. The standard InChI is InChI=1S/C23H28ClN5O4.2ClH/c1-2-22(28-11-9-27(10-12-28)13-14-30)29(16-21(31)26-23(29)32)25-15-19-7-8-20(33-19)17-3-5-18(24)6-4-17;;/h3-8,15,22,30H,2,9-14,16H2,1H3;2*1H/p+1. The van der Waals surface area contributed by atoms with Gasteiger partial charge in [-0.25, -0.2) is 15.0 Å². The van der Waals surface area contributed by atoms with E-state index < -0.39 is 6.03 Å². The van der Waals surface area contributed by atoms with Crippen LogP contribution in [0.25, 0.3) is 11.3 Å². The van der Waals surface area contributed by atoms with E-state index in [1.54, 1.807) is 18.2 Å². The Morgan fingerprint density at radius 1 is 1.14 bits per heavy atom. The smallest absolute Gasteiger partial charge is 0.451 e. The second-order valence-corrected chi connectivity index (χ2v) is 8.72. The fourth-order valence-electron chi connectivity index (χ4n) is 4.57. The number of hydrogen-bond acceptors (Lipinski definition) is 7. The third-order valence-corrected chi connectivity index (χ3v) is 6.48. The lowest BCUT2D eigenvalue weighted by Crippen LogP contribution is -2.63. The summed E-state index contributed by atoms with van der Waals surface area (Å²) in [5, 5.41) is 16.9. The predicted octanol–water partition coefficient (Wildman–Crippen LogP) is 3.19. The van der Waals surface area contributed by atoms with E-state index in [0.717, 1.165) is 31.7 Å². The molecule has 3 amide bonds. The summed E-state index contributed by atoms with van der Waals surface area (Å²) >= 11 is 5.96. The van der Waals surface area contributed by atoms with Crippen LogP contribution in [0, 0.1) is 0 Å². The van der Waals surface area contributed by atoms with Gasteiger partial charge in [-0.05, 0) is 36.4 Å². The van der Waals surface area contributed by atoms with E-state index in [-0.39, 0.29) is 54.6 Å². The molecule has 0 radical (unpaired) electrons. The molecule has 2 N–H and O–H groups in total. The molecule has 35 heavy (non-hydrogen) atoms. The molecule has 0 spiro atoms. The van der Waals surface area contributed by atoms with Gasteiger partial charge in [0, 0.05) is 49.7 Å². The van der Waals surface area contributed by atoms with Crippen molar-refractivity contribution in [2.75, 3.05) is 45.9 Å². The number of β-amino-alcohol motifs (C(OH)–C–C–N with tert-alkyl or cyclic N) is 1. The Balaban J connectivity index is 0.00000216. The fourth-order valence-corrected chi connectivity index (χ4v) is 4.69. The van der Waals surface area contributed by atoms with E-state index in [1.807, 2.05) is 25.1 Å². The van der Waals surface area contributed by atoms with Crippen LogP contribution >= 0.6 is 36.4 Å². The Hall–Kier alpha value is -1.98. The zero-order chi connectivity index (χ0) is 23.4.